The normalized spacial score (nSPS) is 12.6. The molecule has 0 fully saturated rings. The van der Waals surface area contributed by atoms with Gasteiger partial charge in [-0.1, -0.05) is 13.8 Å². The Bertz CT molecular complexity index is 373. The molecular formula is C11H14F2N2O. The summed E-state index contributed by atoms with van der Waals surface area (Å²) in [4.78, 5) is 14.8. The lowest BCUT2D eigenvalue weighted by atomic mass is 10.1. The number of aromatic nitrogens is 1. The second kappa shape index (κ2) is 5.01. The van der Waals surface area contributed by atoms with Gasteiger partial charge in [0.15, 0.2) is 0 Å². The average molecular weight is 228 g/mol. The Morgan fingerprint density at radius 2 is 1.75 bits per heavy atom. The zero-order valence-corrected chi connectivity index (χ0v) is 9.42. The fourth-order valence-corrected chi connectivity index (χ4v) is 1.29. The number of amides is 1. The molecule has 0 spiro atoms. The molecule has 0 aliphatic heterocycles. The van der Waals surface area contributed by atoms with Crippen molar-refractivity contribution in [3.05, 3.63) is 29.6 Å². The number of carbonyl (C=O) groups is 1. The molecular weight excluding hydrogens is 214 g/mol. The monoisotopic (exact) mass is 228 g/mol. The zero-order chi connectivity index (χ0) is 12.3. The largest absolute Gasteiger partial charge is 0.349 e. The summed E-state index contributed by atoms with van der Waals surface area (Å²) in [7, 11) is 0. The molecule has 1 unspecified atom stereocenters. The van der Waals surface area contributed by atoms with E-state index in [0.29, 0.717) is 0 Å². The molecule has 0 aliphatic carbocycles. The van der Waals surface area contributed by atoms with Crippen LogP contribution in [-0.4, -0.2) is 10.9 Å². The van der Waals surface area contributed by atoms with Crippen LogP contribution < -0.4 is 5.32 Å². The van der Waals surface area contributed by atoms with Crippen molar-refractivity contribution in [3.8, 4) is 0 Å². The maximum Gasteiger partial charge on any atom is 0.223 e. The third-order valence-corrected chi connectivity index (χ3v) is 2.21. The first-order chi connectivity index (χ1) is 7.43. The summed E-state index contributed by atoms with van der Waals surface area (Å²) < 4.78 is 26.6. The van der Waals surface area contributed by atoms with Gasteiger partial charge in [0.05, 0.1) is 18.4 Å². The van der Waals surface area contributed by atoms with Crippen molar-refractivity contribution in [1.82, 2.24) is 10.3 Å². The number of carbonyl (C=O) groups excluding carboxylic acids is 1. The summed E-state index contributed by atoms with van der Waals surface area (Å²) in [5, 5.41) is 2.53. The molecule has 5 heteroatoms. The second-order valence-corrected chi connectivity index (χ2v) is 3.90. The van der Waals surface area contributed by atoms with Gasteiger partial charge in [0.1, 0.15) is 11.6 Å². The van der Waals surface area contributed by atoms with E-state index in [4.69, 9.17) is 0 Å². The molecule has 1 atom stereocenters. The lowest BCUT2D eigenvalue weighted by Crippen LogP contribution is -2.31. The van der Waals surface area contributed by atoms with Crippen LogP contribution in [0.25, 0.3) is 0 Å². The van der Waals surface area contributed by atoms with Gasteiger partial charge in [-0.05, 0) is 6.92 Å². The molecule has 16 heavy (non-hydrogen) atoms. The van der Waals surface area contributed by atoms with Crippen molar-refractivity contribution in [1.29, 1.82) is 0 Å². The highest BCUT2D eigenvalue weighted by Crippen LogP contribution is 2.19. The van der Waals surface area contributed by atoms with Crippen molar-refractivity contribution >= 4 is 5.91 Å². The summed E-state index contributed by atoms with van der Waals surface area (Å²) in [6.45, 7) is 4.95. The third kappa shape index (κ3) is 2.74. The van der Waals surface area contributed by atoms with Gasteiger partial charge in [-0.3, -0.25) is 9.78 Å². The number of halogens is 2. The molecule has 0 saturated heterocycles. The quantitative estimate of drug-likeness (QED) is 0.861. The van der Waals surface area contributed by atoms with E-state index in [0.717, 1.165) is 12.4 Å². The number of rotatable bonds is 3. The molecule has 3 nitrogen and oxygen atoms in total. The van der Waals surface area contributed by atoms with Crippen LogP contribution in [0.15, 0.2) is 12.4 Å². The van der Waals surface area contributed by atoms with Gasteiger partial charge in [-0.2, -0.15) is 0 Å². The highest BCUT2D eigenvalue weighted by atomic mass is 19.1. The Balaban J connectivity index is 2.88. The molecule has 1 heterocycles. The molecule has 0 radical (unpaired) electrons. The van der Waals surface area contributed by atoms with E-state index in [-0.39, 0.29) is 17.4 Å². The first-order valence-corrected chi connectivity index (χ1v) is 5.02. The van der Waals surface area contributed by atoms with Crippen LogP contribution in [-0.2, 0) is 4.79 Å². The minimum absolute atomic E-state index is 0.163. The first-order valence-electron chi connectivity index (χ1n) is 5.02. The molecule has 0 saturated carbocycles. The van der Waals surface area contributed by atoms with Crippen molar-refractivity contribution in [2.45, 2.75) is 26.8 Å². The van der Waals surface area contributed by atoms with E-state index in [1.54, 1.807) is 13.8 Å². The highest BCUT2D eigenvalue weighted by molar-refractivity contribution is 5.78. The van der Waals surface area contributed by atoms with Gasteiger partial charge in [0, 0.05) is 11.5 Å². The van der Waals surface area contributed by atoms with Crippen molar-refractivity contribution < 1.29 is 13.6 Å². The summed E-state index contributed by atoms with van der Waals surface area (Å²) in [6, 6.07) is -0.710. The molecule has 0 aliphatic rings. The SMILES string of the molecule is CC(C)C(=O)NC(C)c1c(F)cncc1F. The Hall–Kier alpha value is -1.52. The lowest BCUT2D eigenvalue weighted by molar-refractivity contribution is -0.124. The zero-order valence-electron chi connectivity index (χ0n) is 9.42. The molecule has 1 rings (SSSR count). The summed E-state index contributed by atoms with van der Waals surface area (Å²) in [5.74, 6) is -1.98. The van der Waals surface area contributed by atoms with Crippen LogP contribution in [0.1, 0.15) is 32.4 Å². The highest BCUT2D eigenvalue weighted by Gasteiger charge is 2.19. The second-order valence-electron chi connectivity index (χ2n) is 3.90. The van der Waals surface area contributed by atoms with Gasteiger partial charge >= 0.3 is 0 Å². The molecule has 1 N–H and O–H groups in total. The van der Waals surface area contributed by atoms with Crippen LogP contribution in [0.3, 0.4) is 0 Å². The Morgan fingerprint density at radius 1 is 1.25 bits per heavy atom. The van der Waals surface area contributed by atoms with Crippen LogP contribution in [0.5, 0.6) is 0 Å². The first kappa shape index (κ1) is 12.5. The minimum Gasteiger partial charge on any atom is -0.349 e. The van der Waals surface area contributed by atoms with E-state index in [2.05, 4.69) is 10.3 Å². The summed E-state index contributed by atoms with van der Waals surface area (Å²) in [5.41, 5.74) is -0.163. The topological polar surface area (TPSA) is 42.0 Å². The third-order valence-electron chi connectivity index (χ3n) is 2.21. The van der Waals surface area contributed by atoms with E-state index in [9.17, 15) is 13.6 Å². The van der Waals surface area contributed by atoms with Crippen LogP contribution in [0.2, 0.25) is 0 Å². The number of nitrogens with one attached hydrogen (secondary N) is 1. The minimum atomic E-state index is -0.753. The predicted octanol–water partition coefficient (Wildman–Crippen LogP) is 2.19. The van der Waals surface area contributed by atoms with Crippen LogP contribution in [0, 0.1) is 17.6 Å². The molecule has 88 valence electrons. The summed E-state index contributed by atoms with van der Waals surface area (Å²) >= 11 is 0. The smallest absolute Gasteiger partial charge is 0.223 e. The Kier molecular flexibility index (Phi) is 3.93. The van der Waals surface area contributed by atoms with Crippen molar-refractivity contribution in [3.63, 3.8) is 0 Å². The predicted molar refractivity (Wildman–Crippen MR) is 55.5 cm³/mol. The Morgan fingerprint density at radius 3 is 2.19 bits per heavy atom. The van der Waals surface area contributed by atoms with E-state index in [1.807, 2.05) is 0 Å². The number of hydrogen-bond donors (Lipinski definition) is 1. The van der Waals surface area contributed by atoms with Crippen LogP contribution >= 0.6 is 0 Å². The van der Waals surface area contributed by atoms with E-state index >= 15 is 0 Å². The molecule has 1 aromatic heterocycles. The van der Waals surface area contributed by atoms with Gasteiger partial charge in [0.25, 0.3) is 0 Å². The van der Waals surface area contributed by atoms with E-state index < -0.39 is 17.7 Å². The molecule has 1 amide bonds. The fraction of sp³-hybridized carbons (Fsp3) is 0.455. The van der Waals surface area contributed by atoms with Gasteiger partial charge < -0.3 is 5.32 Å². The van der Waals surface area contributed by atoms with Crippen molar-refractivity contribution in [2.75, 3.05) is 0 Å². The van der Waals surface area contributed by atoms with Crippen LogP contribution in [0.4, 0.5) is 8.78 Å². The average Bonchev–Trinajstić information content (AvgIpc) is 2.16. The van der Waals surface area contributed by atoms with Gasteiger partial charge in [-0.15, -0.1) is 0 Å². The maximum atomic E-state index is 13.3. The molecule has 0 bridgehead atoms. The number of nitrogens with zero attached hydrogens (tertiary/aromatic N) is 1. The van der Waals surface area contributed by atoms with Gasteiger partial charge in [0.2, 0.25) is 5.91 Å². The Labute approximate surface area is 92.9 Å². The molecule has 0 aromatic carbocycles. The standard InChI is InChI=1S/C11H14F2N2O/c1-6(2)11(16)15-7(3)10-8(12)4-14-5-9(10)13/h4-7H,1-3H3,(H,15,16). The number of pyridine rings is 1. The van der Waals surface area contributed by atoms with Gasteiger partial charge in [-0.25, -0.2) is 8.78 Å². The number of hydrogen-bond acceptors (Lipinski definition) is 2. The van der Waals surface area contributed by atoms with Crippen molar-refractivity contribution in [2.24, 2.45) is 5.92 Å². The fourth-order valence-electron chi connectivity index (χ4n) is 1.29. The molecule has 1 aromatic rings. The maximum absolute atomic E-state index is 13.3. The lowest BCUT2D eigenvalue weighted by Gasteiger charge is -2.16. The summed E-state index contributed by atoms with van der Waals surface area (Å²) in [6.07, 6.45) is 1.85. The van der Waals surface area contributed by atoms with E-state index in [1.165, 1.54) is 6.92 Å².